The van der Waals surface area contributed by atoms with Gasteiger partial charge in [0.2, 0.25) is 0 Å². The van der Waals surface area contributed by atoms with Gasteiger partial charge in [-0.05, 0) is 63.7 Å². The van der Waals surface area contributed by atoms with Gasteiger partial charge in [-0.3, -0.25) is 4.79 Å². The predicted octanol–water partition coefficient (Wildman–Crippen LogP) is 4.84. The Morgan fingerprint density at radius 1 is 1.19 bits per heavy atom. The van der Waals surface area contributed by atoms with Gasteiger partial charge in [-0.15, -0.1) is 0 Å². The Kier molecular flexibility index (Phi) is 6.14. The smallest absolute Gasteiger partial charge is 0.416 e. The molecule has 1 aliphatic heterocycles. The quantitative estimate of drug-likeness (QED) is 0.682. The Hall–Kier alpha value is -1.56. The number of ether oxygens (including phenoxy) is 1. The number of benzene rings is 1. The summed E-state index contributed by atoms with van der Waals surface area (Å²) in [5.74, 6) is -0.354. The van der Waals surface area contributed by atoms with Crippen molar-refractivity contribution in [3.05, 3.63) is 35.4 Å². The molecular weight excluding hydrogens is 355 g/mol. The number of piperidine rings is 1. The van der Waals surface area contributed by atoms with E-state index in [4.69, 9.17) is 4.74 Å². The molecule has 6 heteroatoms. The molecule has 0 bridgehead atoms. The van der Waals surface area contributed by atoms with Crippen LogP contribution in [0.5, 0.6) is 0 Å². The van der Waals surface area contributed by atoms with Gasteiger partial charge in [-0.25, -0.2) is 0 Å². The molecule has 1 aliphatic carbocycles. The minimum absolute atomic E-state index is 0.0834. The van der Waals surface area contributed by atoms with E-state index >= 15 is 0 Å². The highest BCUT2D eigenvalue weighted by Crippen LogP contribution is 2.41. The van der Waals surface area contributed by atoms with Crippen LogP contribution in [0.1, 0.15) is 56.6 Å². The molecule has 0 spiro atoms. The van der Waals surface area contributed by atoms with Crippen molar-refractivity contribution in [3.8, 4) is 0 Å². The largest absolute Gasteiger partial charge is 0.466 e. The molecule has 0 amide bonds. The minimum Gasteiger partial charge on any atom is -0.466 e. The average Bonchev–Trinajstić information content (AvgIpc) is 3.17. The standard InChI is InChI=1S/C21H28F3NO2/c1-2-27-19(26)20(11-13-25(14-12-20)17-8-4-5-9-17)15-16-7-3-6-10-18(16)21(22,23)24/h3,6-7,10,17H,2,4-5,8-9,11-15H2,1H3. The first-order valence-electron chi connectivity index (χ1n) is 9.92. The van der Waals surface area contributed by atoms with E-state index in [2.05, 4.69) is 4.90 Å². The zero-order chi connectivity index (χ0) is 19.5. The summed E-state index contributed by atoms with van der Waals surface area (Å²) in [6, 6.07) is 6.16. The van der Waals surface area contributed by atoms with E-state index in [0.29, 0.717) is 18.9 Å². The van der Waals surface area contributed by atoms with Gasteiger partial charge < -0.3 is 9.64 Å². The molecule has 3 nitrogen and oxygen atoms in total. The van der Waals surface area contributed by atoms with Crippen molar-refractivity contribution in [1.29, 1.82) is 0 Å². The maximum absolute atomic E-state index is 13.4. The first-order chi connectivity index (χ1) is 12.9. The minimum atomic E-state index is -4.42. The first-order valence-corrected chi connectivity index (χ1v) is 9.92. The fraction of sp³-hybridized carbons (Fsp3) is 0.667. The second-order valence-corrected chi connectivity index (χ2v) is 7.81. The molecule has 0 unspecified atom stereocenters. The number of likely N-dealkylation sites (tertiary alicyclic amines) is 1. The summed E-state index contributed by atoms with van der Waals surface area (Å²) in [4.78, 5) is 15.2. The van der Waals surface area contributed by atoms with Crippen LogP contribution in [0.4, 0.5) is 13.2 Å². The van der Waals surface area contributed by atoms with Crippen molar-refractivity contribution in [1.82, 2.24) is 4.90 Å². The van der Waals surface area contributed by atoms with Crippen LogP contribution in [-0.2, 0) is 22.1 Å². The maximum Gasteiger partial charge on any atom is 0.416 e. The van der Waals surface area contributed by atoms with Crippen LogP contribution in [0.3, 0.4) is 0 Å². The number of carbonyl (C=O) groups excluding carboxylic acids is 1. The summed E-state index contributed by atoms with van der Waals surface area (Å²) in [5, 5.41) is 0. The lowest BCUT2D eigenvalue weighted by Crippen LogP contribution is -2.49. The SMILES string of the molecule is CCOC(=O)C1(Cc2ccccc2C(F)(F)F)CCN(C2CCCC2)CC1. The number of carbonyl (C=O) groups is 1. The Balaban J connectivity index is 1.82. The van der Waals surface area contributed by atoms with Gasteiger partial charge in [-0.1, -0.05) is 31.0 Å². The number of rotatable bonds is 5. The van der Waals surface area contributed by atoms with Crippen LogP contribution in [0.25, 0.3) is 0 Å². The molecule has 1 saturated heterocycles. The van der Waals surface area contributed by atoms with Gasteiger partial charge in [-0.2, -0.15) is 13.2 Å². The molecule has 0 radical (unpaired) electrons. The summed E-state index contributed by atoms with van der Waals surface area (Å²) in [7, 11) is 0. The summed E-state index contributed by atoms with van der Waals surface area (Å²) in [6.07, 6.45) is 1.61. The van der Waals surface area contributed by atoms with Crippen LogP contribution in [0, 0.1) is 5.41 Å². The van der Waals surface area contributed by atoms with Crippen LogP contribution < -0.4 is 0 Å². The molecule has 2 aliphatic rings. The molecule has 0 aromatic heterocycles. The third kappa shape index (κ3) is 4.48. The Morgan fingerprint density at radius 2 is 1.81 bits per heavy atom. The summed E-state index contributed by atoms with van der Waals surface area (Å²) < 4.78 is 45.6. The van der Waals surface area contributed by atoms with Gasteiger partial charge in [0.25, 0.3) is 0 Å². The van der Waals surface area contributed by atoms with Crippen LogP contribution >= 0.6 is 0 Å². The van der Waals surface area contributed by atoms with E-state index in [1.807, 2.05) is 0 Å². The molecular formula is C21H28F3NO2. The monoisotopic (exact) mass is 383 g/mol. The second kappa shape index (κ2) is 8.21. The molecule has 1 aromatic rings. The van der Waals surface area contributed by atoms with Crippen molar-refractivity contribution < 1.29 is 22.7 Å². The van der Waals surface area contributed by atoms with E-state index in [1.165, 1.54) is 37.8 Å². The van der Waals surface area contributed by atoms with E-state index < -0.39 is 17.2 Å². The lowest BCUT2D eigenvalue weighted by atomic mass is 9.72. The molecule has 0 N–H and O–H groups in total. The normalized spacial score (nSPS) is 21.3. The zero-order valence-electron chi connectivity index (χ0n) is 15.9. The van der Waals surface area contributed by atoms with E-state index in [9.17, 15) is 18.0 Å². The molecule has 1 saturated carbocycles. The Bertz CT molecular complexity index is 645. The van der Waals surface area contributed by atoms with Gasteiger partial charge in [0.1, 0.15) is 0 Å². The lowest BCUT2D eigenvalue weighted by molar-refractivity contribution is -0.159. The maximum atomic E-state index is 13.4. The third-order valence-corrected chi connectivity index (χ3v) is 6.16. The number of halogens is 3. The van der Waals surface area contributed by atoms with Gasteiger partial charge in [0.05, 0.1) is 17.6 Å². The summed E-state index contributed by atoms with van der Waals surface area (Å²) in [5.41, 5.74) is -1.33. The number of hydrogen-bond donors (Lipinski definition) is 0. The first kappa shape index (κ1) is 20.2. The number of esters is 1. The average molecular weight is 383 g/mol. The van der Waals surface area contributed by atoms with Crippen molar-refractivity contribution >= 4 is 5.97 Å². The van der Waals surface area contributed by atoms with Gasteiger partial charge >= 0.3 is 12.1 Å². The molecule has 2 fully saturated rings. The molecule has 0 atom stereocenters. The molecule has 3 rings (SSSR count). The van der Waals surface area contributed by atoms with E-state index in [0.717, 1.165) is 19.2 Å². The fourth-order valence-corrected chi connectivity index (χ4v) is 4.64. The highest BCUT2D eigenvalue weighted by Gasteiger charge is 2.45. The van der Waals surface area contributed by atoms with Crippen LogP contribution in [-0.4, -0.2) is 36.6 Å². The second-order valence-electron chi connectivity index (χ2n) is 7.81. The molecule has 150 valence electrons. The van der Waals surface area contributed by atoms with Gasteiger partial charge in [0, 0.05) is 6.04 Å². The third-order valence-electron chi connectivity index (χ3n) is 6.16. The van der Waals surface area contributed by atoms with Gasteiger partial charge in [0.15, 0.2) is 0 Å². The van der Waals surface area contributed by atoms with Crippen molar-refractivity contribution in [3.63, 3.8) is 0 Å². The van der Waals surface area contributed by atoms with Crippen LogP contribution in [0.15, 0.2) is 24.3 Å². The summed E-state index contributed by atoms with van der Waals surface area (Å²) in [6.45, 7) is 3.48. The zero-order valence-corrected chi connectivity index (χ0v) is 15.9. The number of hydrogen-bond acceptors (Lipinski definition) is 3. The highest BCUT2D eigenvalue weighted by atomic mass is 19.4. The summed E-state index contributed by atoms with van der Waals surface area (Å²) >= 11 is 0. The highest BCUT2D eigenvalue weighted by molar-refractivity contribution is 5.77. The van der Waals surface area contributed by atoms with E-state index in [1.54, 1.807) is 13.0 Å². The topological polar surface area (TPSA) is 29.5 Å². The number of nitrogens with zero attached hydrogens (tertiary/aromatic N) is 1. The molecule has 1 heterocycles. The molecule has 27 heavy (non-hydrogen) atoms. The van der Waals surface area contributed by atoms with Crippen molar-refractivity contribution in [2.24, 2.45) is 5.41 Å². The number of alkyl halides is 3. The van der Waals surface area contributed by atoms with Crippen molar-refractivity contribution in [2.75, 3.05) is 19.7 Å². The van der Waals surface area contributed by atoms with E-state index in [-0.39, 0.29) is 24.6 Å². The fourth-order valence-electron chi connectivity index (χ4n) is 4.64. The Morgan fingerprint density at radius 3 is 2.41 bits per heavy atom. The lowest BCUT2D eigenvalue weighted by Gasteiger charge is -2.42. The van der Waals surface area contributed by atoms with Crippen molar-refractivity contribution in [2.45, 2.75) is 64.1 Å². The van der Waals surface area contributed by atoms with Crippen LogP contribution in [0.2, 0.25) is 0 Å². The Labute approximate surface area is 158 Å². The molecule has 1 aromatic carbocycles. The predicted molar refractivity (Wildman–Crippen MR) is 97.3 cm³/mol.